The van der Waals surface area contributed by atoms with Crippen molar-refractivity contribution in [2.24, 2.45) is 11.7 Å². The highest BCUT2D eigenvalue weighted by Crippen LogP contribution is 2.38. The molecule has 2 atom stereocenters. The number of anilines is 3. The van der Waals surface area contributed by atoms with E-state index in [0.29, 0.717) is 42.8 Å². The number of primary amides is 1. The van der Waals surface area contributed by atoms with Gasteiger partial charge in [0, 0.05) is 25.1 Å². The number of aromatic nitrogens is 4. The number of halogens is 3. The normalized spacial score (nSPS) is 24.2. The maximum Gasteiger partial charge on any atom is 0.227 e. The number of benzene rings is 1. The number of rotatable bonds is 6. The molecule has 3 aromatic rings. The van der Waals surface area contributed by atoms with E-state index in [4.69, 9.17) is 22.3 Å². The topological polar surface area (TPSA) is 122 Å². The Morgan fingerprint density at radius 1 is 1.16 bits per heavy atom. The molecule has 12 heteroatoms. The van der Waals surface area contributed by atoms with Crippen molar-refractivity contribution in [1.29, 1.82) is 0 Å². The molecule has 0 bridgehead atoms. The van der Waals surface area contributed by atoms with Gasteiger partial charge in [-0.1, -0.05) is 24.4 Å². The van der Waals surface area contributed by atoms with E-state index in [1.165, 1.54) is 0 Å². The smallest absolute Gasteiger partial charge is 0.227 e. The molecule has 2 saturated carbocycles. The van der Waals surface area contributed by atoms with Gasteiger partial charge in [0.05, 0.1) is 29.1 Å². The molecule has 0 spiro atoms. The molecule has 198 valence electrons. The number of hydrogen-bond donors (Lipinski definition) is 3. The van der Waals surface area contributed by atoms with Gasteiger partial charge in [0.15, 0.2) is 11.5 Å². The van der Waals surface area contributed by atoms with Crippen LogP contribution >= 0.6 is 11.6 Å². The number of imidazole rings is 1. The zero-order chi connectivity index (χ0) is 26.3. The molecule has 2 aliphatic carbocycles. The molecular weight excluding hydrogens is 504 g/mol. The molecule has 1 amide bonds. The highest BCUT2D eigenvalue weighted by Gasteiger charge is 2.31. The van der Waals surface area contributed by atoms with Crippen LogP contribution in [0, 0.1) is 17.6 Å². The van der Waals surface area contributed by atoms with Crippen molar-refractivity contribution in [3.8, 4) is 0 Å². The van der Waals surface area contributed by atoms with Crippen LogP contribution in [-0.4, -0.2) is 49.7 Å². The monoisotopic (exact) mass is 533 g/mol. The Morgan fingerprint density at radius 2 is 1.89 bits per heavy atom. The Bertz CT molecular complexity index is 1290. The third-order valence-electron chi connectivity index (χ3n) is 7.63. The molecule has 37 heavy (non-hydrogen) atoms. The van der Waals surface area contributed by atoms with Crippen LogP contribution in [0.1, 0.15) is 57.4 Å². The van der Waals surface area contributed by atoms with Crippen LogP contribution < -0.4 is 16.0 Å². The van der Waals surface area contributed by atoms with Crippen molar-refractivity contribution in [3.63, 3.8) is 0 Å². The van der Waals surface area contributed by atoms with Gasteiger partial charge >= 0.3 is 0 Å². The number of nitrogens with one attached hydrogen (secondary N) is 1. The molecule has 2 aliphatic rings. The van der Waals surface area contributed by atoms with E-state index < -0.39 is 17.7 Å². The second-order valence-electron chi connectivity index (χ2n) is 9.99. The molecule has 0 aliphatic heterocycles. The number of hydrogen-bond acceptors (Lipinski definition) is 7. The molecule has 1 aromatic carbocycles. The summed E-state index contributed by atoms with van der Waals surface area (Å²) in [5.74, 6) is -1.41. The number of nitrogens with two attached hydrogens (primary N) is 1. The van der Waals surface area contributed by atoms with Crippen LogP contribution in [0.15, 0.2) is 18.3 Å². The van der Waals surface area contributed by atoms with Gasteiger partial charge in [-0.2, -0.15) is 4.98 Å². The van der Waals surface area contributed by atoms with Crippen LogP contribution in [0.5, 0.6) is 0 Å². The molecule has 9 nitrogen and oxygen atoms in total. The lowest BCUT2D eigenvalue weighted by molar-refractivity contribution is -0.122. The molecule has 5 rings (SSSR count). The molecular formula is C25H30ClF2N7O2. The quantitative estimate of drug-likeness (QED) is 0.427. The van der Waals surface area contributed by atoms with Gasteiger partial charge in [-0.3, -0.25) is 9.36 Å². The summed E-state index contributed by atoms with van der Waals surface area (Å²) in [4.78, 5) is 27.6. The SMILES string of the molecule is CN(c1ncc2nc(Nc3c(F)cc(F)cc3Cl)n(C3CCC(C(N)=O)CC3)c2n1)[C@H]1CCCC[C@@H]1O. The maximum absolute atomic E-state index is 14.6. The molecule has 2 fully saturated rings. The fourth-order valence-electron chi connectivity index (χ4n) is 5.57. The Labute approximate surface area is 218 Å². The Kier molecular flexibility index (Phi) is 7.17. The Hall–Kier alpha value is -3.05. The van der Waals surface area contributed by atoms with Gasteiger partial charge in [-0.05, 0) is 44.6 Å². The van der Waals surface area contributed by atoms with Crippen molar-refractivity contribution in [2.75, 3.05) is 17.3 Å². The van der Waals surface area contributed by atoms with E-state index >= 15 is 0 Å². The first kappa shape index (κ1) is 25.6. The lowest BCUT2D eigenvalue weighted by Crippen LogP contribution is -2.44. The Morgan fingerprint density at radius 3 is 2.57 bits per heavy atom. The summed E-state index contributed by atoms with van der Waals surface area (Å²) in [5, 5.41) is 13.4. The van der Waals surface area contributed by atoms with Crippen LogP contribution in [-0.2, 0) is 4.79 Å². The lowest BCUT2D eigenvalue weighted by Gasteiger charge is -2.35. The first-order valence-corrected chi connectivity index (χ1v) is 13.0. The van der Waals surface area contributed by atoms with Gasteiger partial charge in [0.2, 0.25) is 17.8 Å². The van der Waals surface area contributed by atoms with Gasteiger partial charge in [-0.25, -0.2) is 18.7 Å². The van der Waals surface area contributed by atoms with Crippen molar-refractivity contribution in [1.82, 2.24) is 19.5 Å². The van der Waals surface area contributed by atoms with Crippen LogP contribution in [0.3, 0.4) is 0 Å². The van der Waals surface area contributed by atoms with E-state index in [-0.39, 0.29) is 40.6 Å². The minimum absolute atomic E-state index is 0.0962. The van der Waals surface area contributed by atoms with Gasteiger partial charge < -0.3 is 21.1 Å². The zero-order valence-corrected chi connectivity index (χ0v) is 21.3. The largest absolute Gasteiger partial charge is 0.391 e. The fourth-order valence-corrected chi connectivity index (χ4v) is 5.81. The summed E-state index contributed by atoms with van der Waals surface area (Å²) < 4.78 is 30.2. The predicted molar refractivity (Wildman–Crippen MR) is 137 cm³/mol. The number of amides is 1. The summed E-state index contributed by atoms with van der Waals surface area (Å²) in [6.45, 7) is 0. The molecule has 2 aromatic heterocycles. The third-order valence-corrected chi connectivity index (χ3v) is 7.93. The molecule has 0 radical (unpaired) electrons. The predicted octanol–water partition coefficient (Wildman–Crippen LogP) is 4.46. The van der Waals surface area contributed by atoms with E-state index in [1.807, 2.05) is 16.5 Å². The number of aliphatic hydroxyl groups excluding tert-OH is 1. The van der Waals surface area contributed by atoms with Gasteiger partial charge in [-0.15, -0.1) is 0 Å². The minimum Gasteiger partial charge on any atom is -0.391 e. The average Bonchev–Trinajstić information content (AvgIpc) is 3.23. The molecule has 2 heterocycles. The first-order valence-electron chi connectivity index (χ1n) is 12.6. The van der Waals surface area contributed by atoms with Crippen molar-refractivity contribution in [2.45, 2.75) is 69.6 Å². The lowest BCUT2D eigenvalue weighted by atomic mass is 9.85. The number of carbonyl (C=O) groups is 1. The minimum atomic E-state index is -0.848. The van der Waals surface area contributed by atoms with Crippen LogP contribution in [0.25, 0.3) is 11.2 Å². The van der Waals surface area contributed by atoms with Crippen molar-refractivity contribution >= 4 is 46.3 Å². The fraction of sp³-hybridized carbons (Fsp3) is 0.520. The molecule has 4 N–H and O–H groups in total. The number of fused-ring (bicyclic) bond motifs is 1. The van der Waals surface area contributed by atoms with Gasteiger partial charge in [0.25, 0.3) is 0 Å². The number of nitrogens with zero attached hydrogens (tertiary/aromatic N) is 5. The second kappa shape index (κ2) is 10.4. The summed E-state index contributed by atoms with van der Waals surface area (Å²) in [5.41, 5.74) is 6.45. The number of aliphatic hydroxyl groups is 1. The number of likely N-dealkylation sites (N-methyl/N-ethyl adjacent to an activating group) is 1. The number of carbonyl (C=O) groups excluding carboxylic acids is 1. The summed E-state index contributed by atoms with van der Waals surface area (Å²) in [7, 11) is 1.87. The highest BCUT2D eigenvalue weighted by atomic mass is 35.5. The van der Waals surface area contributed by atoms with Gasteiger partial charge in [0.1, 0.15) is 11.3 Å². The molecule has 0 unspecified atom stereocenters. The highest BCUT2D eigenvalue weighted by molar-refractivity contribution is 6.33. The Balaban J connectivity index is 1.56. The van der Waals surface area contributed by atoms with Crippen molar-refractivity contribution < 1.29 is 18.7 Å². The standard InChI is InChI=1S/C25H30ClF2N7O2/c1-34(19-4-2-3-5-20(19)36)24-30-12-18-23(33-24)35(15-8-6-13(7-9-15)22(29)37)25(31-18)32-21-16(26)10-14(27)11-17(21)28/h10-13,15,19-20,36H,2-9H2,1H3,(H2,29,37)(H,31,32)/t13?,15?,19-,20-/m0/s1. The van der Waals surface area contributed by atoms with E-state index in [9.17, 15) is 18.7 Å². The summed E-state index contributed by atoms with van der Waals surface area (Å²) in [6.07, 6.45) is 7.22. The first-order chi connectivity index (χ1) is 17.7. The van der Waals surface area contributed by atoms with Crippen LogP contribution in [0.2, 0.25) is 5.02 Å². The molecule has 0 saturated heterocycles. The average molecular weight is 534 g/mol. The second-order valence-corrected chi connectivity index (χ2v) is 10.4. The van der Waals surface area contributed by atoms with Crippen LogP contribution in [0.4, 0.5) is 26.4 Å². The van der Waals surface area contributed by atoms with Crippen molar-refractivity contribution in [3.05, 3.63) is 35.0 Å². The van der Waals surface area contributed by atoms with E-state index in [2.05, 4.69) is 15.3 Å². The zero-order valence-electron chi connectivity index (χ0n) is 20.5. The maximum atomic E-state index is 14.6. The van der Waals surface area contributed by atoms with E-state index in [1.54, 1.807) is 6.20 Å². The third kappa shape index (κ3) is 5.06. The summed E-state index contributed by atoms with van der Waals surface area (Å²) in [6, 6.07) is 1.58. The summed E-state index contributed by atoms with van der Waals surface area (Å²) >= 11 is 6.15. The van der Waals surface area contributed by atoms with E-state index in [0.717, 1.165) is 37.8 Å².